The largest absolute Gasteiger partial charge is 0.335 e. The second-order valence-corrected chi connectivity index (χ2v) is 7.29. The molecule has 0 bridgehead atoms. The van der Waals surface area contributed by atoms with Crippen LogP contribution in [0.25, 0.3) is 0 Å². The summed E-state index contributed by atoms with van der Waals surface area (Å²) in [5.41, 5.74) is 2.89. The van der Waals surface area contributed by atoms with Crippen LogP contribution in [0.2, 0.25) is 0 Å². The predicted octanol–water partition coefficient (Wildman–Crippen LogP) is 2.44. The number of piperazine rings is 1. The number of aromatic nitrogens is 1. The average Bonchev–Trinajstić information content (AvgIpc) is 2.99. The Morgan fingerprint density at radius 1 is 1.12 bits per heavy atom. The summed E-state index contributed by atoms with van der Waals surface area (Å²) in [6.07, 6.45) is 4.95. The molecule has 1 fully saturated rings. The Morgan fingerprint density at radius 2 is 1.79 bits per heavy atom. The van der Waals surface area contributed by atoms with Crippen LogP contribution in [0, 0.1) is 5.92 Å². The fourth-order valence-corrected chi connectivity index (χ4v) is 3.67. The van der Waals surface area contributed by atoms with Crippen LogP contribution in [0.5, 0.6) is 0 Å². The third-order valence-electron chi connectivity index (χ3n) is 5.57. The SMILES string of the molecule is CCC(C)C(=O)n1c(C(=O)N2CCN(C)CC2)cc2c1CCCC2. The highest BCUT2D eigenvalue weighted by atomic mass is 16.2. The van der Waals surface area contributed by atoms with Gasteiger partial charge in [0.2, 0.25) is 5.91 Å². The molecule has 0 aromatic carbocycles. The lowest BCUT2D eigenvalue weighted by Crippen LogP contribution is -2.47. The Balaban J connectivity index is 1.95. The molecule has 1 atom stereocenters. The van der Waals surface area contributed by atoms with Crippen LogP contribution in [-0.2, 0) is 12.8 Å². The van der Waals surface area contributed by atoms with Crippen molar-refractivity contribution in [2.24, 2.45) is 5.92 Å². The van der Waals surface area contributed by atoms with Crippen LogP contribution < -0.4 is 0 Å². The summed E-state index contributed by atoms with van der Waals surface area (Å²) in [6, 6.07) is 2.00. The van der Waals surface area contributed by atoms with E-state index in [2.05, 4.69) is 11.9 Å². The molecule has 0 N–H and O–H groups in total. The van der Waals surface area contributed by atoms with Gasteiger partial charge in [0.1, 0.15) is 5.69 Å². The zero-order valence-electron chi connectivity index (χ0n) is 15.2. The third kappa shape index (κ3) is 3.14. The minimum atomic E-state index is -0.0533. The van der Waals surface area contributed by atoms with Crippen LogP contribution in [0.3, 0.4) is 0 Å². The highest BCUT2D eigenvalue weighted by Crippen LogP contribution is 2.27. The molecule has 1 saturated heterocycles. The summed E-state index contributed by atoms with van der Waals surface area (Å²) in [5, 5.41) is 0. The van der Waals surface area contributed by atoms with E-state index in [9.17, 15) is 9.59 Å². The first kappa shape index (κ1) is 17.2. The molecular weight excluding hydrogens is 302 g/mol. The van der Waals surface area contributed by atoms with Gasteiger partial charge in [-0.3, -0.25) is 14.2 Å². The molecule has 1 aromatic heterocycles. The summed E-state index contributed by atoms with van der Waals surface area (Å²) >= 11 is 0. The minimum Gasteiger partial charge on any atom is -0.335 e. The third-order valence-corrected chi connectivity index (χ3v) is 5.57. The van der Waals surface area contributed by atoms with Crippen molar-refractivity contribution in [3.63, 3.8) is 0 Å². The van der Waals surface area contributed by atoms with Crippen LogP contribution in [0.1, 0.15) is 59.7 Å². The number of aryl methyl sites for hydroxylation is 1. The number of carbonyl (C=O) groups is 2. The van der Waals surface area contributed by atoms with Gasteiger partial charge in [-0.15, -0.1) is 0 Å². The van der Waals surface area contributed by atoms with E-state index < -0.39 is 0 Å². The van der Waals surface area contributed by atoms with Gasteiger partial charge in [-0.25, -0.2) is 0 Å². The maximum atomic E-state index is 13.1. The van der Waals surface area contributed by atoms with Crippen molar-refractivity contribution < 1.29 is 9.59 Å². The monoisotopic (exact) mass is 331 g/mol. The normalized spacial score (nSPS) is 19.9. The first-order valence-electron chi connectivity index (χ1n) is 9.28. The average molecular weight is 331 g/mol. The highest BCUT2D eigenvalue weighted by Gasteiger charge is 2.30. The van der Waals surface area contributed by atoms with Crippen LogP contribution >= 0.6 is 0 Å². The molecule has 0 spiro atoms. The quantitative estimate of drug-likeness (QED) is 0.854. The van der Waals surface area contributed by atoms with Crippen molar-refractivity contribution in [1.82, 2.24) is 14.4 Å². The maximum Gasteiger partial charge on any atom is 0.271 e. The summed E-state index contributed by atoms with van der Waals surface area (Å²) < 4.78 is 1.77. The number of fused-ring (bicyclic) bond motifs is 1. The molecule has 2 heterocycles. The van der Waals surface area contributed by atoms with E-state index in [-0.39, 0.29) is 17.7 Å². The lowest BCUT2D eigenvalue weighted by molar-refractivity contribution is 0.0638. The number of carbonyl (C=O) groups excluding carboxylic acids is 2. The molecule has 24 heavy (non-hydrogen) atoms. The van der Waals surface area contributed by atoms with Gasteiger partial charge in [-0.05, 0) is 50.8 Å². The highest BCUT2D eigenvalue weighted by molar-refractivity contribution is 5.98. The van der Waals surface area contributed by atoms with Crippen molar-refractivity contribution in [3.8, 4) is 0 Å². The first-order valence-corrected chi connectivity index (χ1v) is 9.28. The molecule has 3 rings (SSSR count). The molecule has 1 aliphatic heterocycles. The van der Waals surface area contributed by atoms with Gasteiger partial charge in [0.05, 0.1) is 0 Å². The lowest BCUT2D eigenvalue weighted by Gasteiger charge is -2.32. The van der Waals surface area contributed by atoms with Crippen molar-refractivity contribution in [2.45, 2.75) is 46.0 Å². The van der Waals surface area contributed by atoms with Crippen molar-refractivity contribution in [2.75, 3.05) is 33.2 Å². The van der Waals surface area contributed by atoms with E-state index in [1.54, 1.807) is 4.57 Å². The molecule has 1 unspecified atom stereocenters. The van der Waals surface area contributed by atoms with Crippen molar-refractivity contribution in [1.29, 1.82) is 0 Å². The number of hydrogen-bond donors (Lipinski definition) is 0. The van der Waals surface area contributed by atoms with Crippen molar-refractivity contribution >= 4 is 11.8 Å². The first-order chi connectivity index (χ1) is 11.5. The molecule has 1 amide bonds. The fourth-order valence-electron chi connectivity index (χ4n) is 3.67. The number of likely N-dealkylation sites (N-methyl/N-ethyl adjacent to an activating group) is 1. The molecule has 0 radical (unpaired) electrons. The van der Waals surface area contributed by atoms with Gasteiger partial charge < -0.3 is 9.80 Å². The van der Waals surface area contributed by atoms with Gasteiger partial charge in [-0.2, -0.15) is 0 Å². The minimum absolute atomic E-state index is 0.0224. The van der Waals surface area contributed by atoms with Crippen LogP contribution in [0.4, 0.5) is 0 Å². The summed E-state index contributed by atoms with van der Waals surface area (Å²) in [5.74, 6) is 0.0507. The maximum absolute atomic E-state index is 13.1. The number of hydrogen-bond acceptors (Lipinski definition) is 3. The molecule has 132 valence electrons. The molecule has 1 aromatic rings. The standard InChI is InChI=1S/C19H29N3O2/c1-4-14(2)18(23)22-16-8-6-5-7-15(16)13-17(22)19(24)21-11-9-20(3)10-12-21/h13-14H,4-12H2,1-3H3. The smallest absolute Gasteiger partial charge is 0.271 e. The second kappa shape index (κ2) is 7.09. The van der Waals surface area contributed by atoms with Gasteiger partial charge in [0.25, 0.3) is 5.91 Å². The molecular formula is C19H29N3O2. The molecule has 1 aliphatic carbocycles. The zero-order valence-corrected chi connectivity index (χ0v) is 15.2. The van der Waals surface area contributed by atoms with Gasteiger partial charge in [0.15, 0.2) is 0 Å². The Labute approximate surface area is 144 Å². The Kier molecular flexibility index (Phi) is 5.09. The van der Waals surface area contributed by atoms with Crippen LogP contribution in [0.15, 0.2) is 6.07 Å². The molecule has 2 aliphatic rings. The van der Waals surface area contributed by atoms with Gasteiger partial charge >= 0.3 is 0 Å². The number of amides is 1. The number of nitrogens with zero attached hydrogens (tertiary/aromatic N) is 3. The Morgan fingerprint density at radius 3 is 2.46 bits per heavy atom. The summed E-state index contributed by atoms with van der Waals surface area (Å²) in [4.78, 5) is 30.2. The fraction of sp³-hybridized carbons (Fsp3) is 0.684. The predicted molar refractivity (Wildman–Crippen MR) is 94.6 cm³/mol. The molecule has 0 saturated carbocycles. The Hall–Kier alpha value is -1.62. The van der Waals surface area contributed by atoms with E-state index in [0.29, 0.717) is 5.69 Å². The van der Waals surface area contributed by atoms with Gasteiger partial charge in [-0.1, -0.05) is 13.8 Å². The Bertz CT molecular complexity index is 627. The second-order valence-electron chi connectivity index (χ2n) is 7.29. The van der Waals surface area contributed by atoms with E-state index >= 15 is 0 Å². The van der Waals surface area contributed by atoms with E-state index in [0.717, 1.165) is 64.0 Å². The van der Waals surface area contributed by atoms with Crippen molar-refractivity contribution in [3.05, 3.63) is 23.0 Å². The summed E-state index contributed by atoms with van der Waals surface area (Å²) in [7, 11) is 2.08. The molecule has 5 nitrogen and oxygen atoms in total. The van der Waals surface area contributed by atoms with E-state index in [4.69, 9.17) is 0 Å². The van der Waals surface area contributed by atoms with E-state index in [1.807, 2.05) is 24.8 Å². The topological polar surface area (TPSA) is 45.6 Å². The zero-order chi connectivity index (χ0) is 17.3. The van der Waals surface area contributed by atoms with Crippen LogP contribution in [-0.4, -0.2) is 59.4 Å². The summed E-state index contributed by atoms with van der Waals surface area (Å²) in [6.45, 7) is 7.25. The van der Waals surface area contributed by atoms with Gasteiger partial charge in [0, 0.05) is 37.8 Å². The van der Waals surface area contributed by atoms with E-state index in [1.165, 1.54) is 5.56 Å². The lowest BCUT2D eigenvalue weighted by atomic mass is 9.97. The molecule has 5 heteroatoms. The number of rotatable bonds is 3.